The summed E-state index contributed by atoms with van der Waals surface area (Å²) < 4.78 is 32.8. The summed E-state index contributed by atoms with van der Waals surface area (Å²) in [6, 6.07) is 6.89. The van der Waals surface area contributed by atoms with Gasteiger partial charge < -0.3 is 10.5 Å². The van der Waals surface area contributed by atoms with Crippen molar-refractivity contribution in [1.82, 2.24) is 4.31 Å². The lowest BCUT2D eigenvalue weighted by atomic mass is 9.78. The van der Waals surface area contributed by atoms with Gasteiger partial charge in [0, 0.05) is 25.2 Å². The summed E-state index contributed by atoms with van der Waals surface area (Å²) in [5.41, 5.74) is 6.19. The lowest BCUT2D eigenvalue weighted by Crippen LogP contribution is -2.38. The second kappa shape index (κ2) is 6.18. The van der Waals surface area contributed by atoms with Gasteiger partial charge in [-0.1, -0.05) is 12.5 Å². The molecule has 0 aromatic heterocycles. The van der Waals surface area contributed by atoms with E-state index in [-0.39, 0.29) is 6.04 Å². The zero-order valence-corrected chi connectivity index (χ0v) is 13.8. The largest absolute Gasteiger partial charge is 0.494 e. The number of rotatable bonds is 4. The van der Waals surface area contributed by atoms with Crippen molar-refractivity contribution in [2.75, 3.05) is 19.7 Å². The van der Waals surface area contributed by atoms with Crippen LogP contribution in [-0.2, 0) is 10.0 Å². The Morgan fingerprint density at radius 1 is 1.32 bits per heavy atom. The van der Waals surface area contributed by atoms with Gasteiger partial charge in [0.25, 0.3) is 0 Å². The van der Waals surface area contributed by atoms with Gasteiger partial charge in [0.2, 0.25) is 10.0 Å². The summed E-state index contributed by atoms with van der Waals surface area (Å²) in [6.07, 6.45) is 3.20. The Morgan fingerprint density at radius 3 is 2.86 bits per heavy atom. The van der Waals surface area contributed by atoms with Crippen LogP contribution in [-0.4, -0.2) is 38.5 Å². The summed E-state index contributed by atoms with van der Waals surface area (Å²) in [7, 11) is -3.46. The minimum Gasteiger partial charge on any atom is -0.494 e. The third-order valence-electron chi connectivity index (χ3n) is 4.87. The van der Waals surface area contributed by atoms with Crippen LogP contribution in [0.2, 0.25) is 0 Å². The van der Waals surface area contributed by atoms with E-state index < -0.39 is 10.0 Å². The molecule has 2 N–H and O–H groups in total. The zero-order valence-electron chi connectivity index (χ0n) is 12.9. The van der Waals surface area contributed by atoms with E-state index in [9.17, 15) is 8.42 Å². The molecule has 1 aromatic rings. The molecule has 3 atom stereocenters. The number of nitrogens with two attached hydrogens (primary N) is 1. The molecular weight excluding hydrogens is 300 g/mol. The maximum Gasteiger partial charge on any atom is 0.243 e. The monoisotopic (exact) mass is 324 g/mol. The first-order chi connectivity index (χ1) is 10.5. The van der Waals surface area contributed by atoms with Crippen molar-refractivity contribution in [2.45, 2.75) is 37.1 Å². The van der Waals surface area contributed by atoms with Crippen LogP contribution in [0.1, 0.15) is 26.2 Å². The minimum atomic E-state index is -3.46. The van der Waals surface area contributed by atoms with E-state index in [4.69, 9.17) is 10.5 Å². The van der Waals surface area contributed by atoms with Crippen molar-refractivity contribution in [2.24, 2.45) is 17.6 Å². The van der Waals surface area contributed by atoms with Gasteiger partial charge in [-0.05, 0) is 43.7 Å². The number of benzene rings is 1. The van der Waals surface area contributed by atoms with Crippen LogP contribution in [0.4, 0.5) is 0 Å². The van der Waals surface area contributed by atoms with Gasteiger partial charge in [-0.3, -0.25) is 0 Å². The van der Waals surface area contributed by atoms with E-state index in [1.807, 2.05) is 6.92 Å². The average molecular weight is 324 g/mol. The molecule has 2 aliphatic rings. The van der Waals surface area contributed by atoms with E-state index in [1.165, 1.54) is 0 Å². The molecule has 5 nitrogen and oxygen atoms in total. The molecule has 0 radical (unpaired) electrons. The standard InChI is InChI=1S/C16H24N2O3S/c1-2-21-13-6-4-7-14(9-13)22(19,20)18-10-12-5-3-8-16(17)15(12)11-18/h4,6-7,9,12,15-16H,2-3,5,8,10-11,17H2,1H3. The van der Waals surface area contributed by atoms with E-state index in [0.29, 0.717) is 42.2 Å². The van der Waals surface area contributed by atoms with E-state index >= 15 is 0 Å². The Labute approximate surface area is 132 Å². The number of nitrogens with zero attached hydrogens (tertiary/aromatic N) is 1. The number of ether oxygens (including phenoxy) is 1. The number of fused-ring (bicyclic) bond motifs is 1. The predicted molar refractivity (Wildman–Crippen MR) is 85.2 cm³/mol. The van der Waals surface area contributed by atoms with Crippen molar-refractivity contribution in [3.05, 3.63) is 24.3 Å². The quantitative estimate of drug-likeness (QED) is 0.917. The van der Waals surface area contributed by atoms with Gasteiger partial charge in [-0.15, -0.1) is 0 Å². The highest BCUT2D eigenvalue weighted by atomic mass is 32.2. The van der Waals surface area contributed by atoms with Crippen molar-refractivity contribution in [3.8, 4) is 5.75 Å². The molecule has 1 aromatic carbocycles. The van der Waals surface area contributed by atoms with E-state index in [0.717, 1.165) is 19.3 Å². The second-order valence-corrected chi connectivity index (χ2v) is 8.19. The number of sulfonamides is 1. The fraction of sp³-hybridized carbons (Fsp3) is 0.625. The van der Waals surface area contributed by atoms with Crippen LogP contribution >= 0.6 is 0 Å². The summed E-state index contributed by atoms with van der Waals surface area (Å²) in [5, 5.41) is 0. The molecule has 0 amide bonds. The van der Waals surface area contributed by atoms with Gasteiger partial charge >= 0.3 is 0 Å². The van der Waals surface area contributed by atoms with Crippen LogP contribution in [0.25, 0.3) is 0 Å². The first kappa shape index (κ1) is 15.8. The summed E-state index contributed by atoms with van der Waals surface area (Å²) >= 11 is 0. The molecule has 3 unspecified atom stereocenters. The van der Waals surface area contributed by atoms with Crippen LogP contribution in [0, 0.1) is 11.8 Å². The minimum absolute atomic E-state index is 0.133. The van der Waals surface area contributed by atoms with Crippen molar-refractivity contribution < 1.29 is 13.2 Å². The molecule has 122 valence electrons. The lowest BCUT2D eigenvalue weighted by Gasteiger charge is -2.29. The molecule has 3 rings (SSSR count). The molecule has 0 spiro atoms. The Balaban J connectivity index is 1.83. The Kier molecular flexibility index (Phi) is 4.43. The fourth-order valence-electron chi connectivity index (χ4n) is 3.71. The van der Waals surface area contributed by atoms with Crippen LogP contribution in [0.3, 0.4) is 0 Å². The normalized spacial score (nSPS) is 29.3. The van der Waals surface area contributed by atoms with Crippen LogP contribution in [0.15, 0.2) is 29.2 Å². The summed E-state index contributed by atoms with van der Waals surface area (Å²) in [4.78, 5) is 0.311. The highest BCUT2D eigenvalue weighted by Gasteiger charge is 2.43. The smallest absolute Gasteiger partial charge is 0.243 e. The summed E-state index contributed by atoms with van der Waals surface area (Å²) in [6.45, 7) is 3.55. The maximum absolute atomic E-state index is 12.9. The van der Waals surface area contributed by atoms with Gasteiger partial charge in [0.15, 0.2) is 0 Å². The molecule has 1 saturated heterocycles. The van der Waals surface area contributed by atoms with Gasteiger partial charge in [-0.2, -0.15) is 4.31 Å². The van der Waals surface area contributed by atoms with E-state index in [1.54, 1.807) is 28.6 Å². The first-order valence-electron chi connectivity index (χ1n) is 8.01. The molecular formula is C16H24N2O3S. The maximum atomic E-state index is 12.9. The van der Waals surface area contributed by atoms with Crippen molar-refractivity contribution in [3.63, 3.8) is 0 Å². The van der Waals surface area contributed by atoms with Gasteiger partial charge in [-0.25, -0.2) is 8.42 Å². The summed E-state index contributed by atoms with van der Waals surface area (Å²) in [5.74, 6) is 1.31. The SMILES string of the molecule is CCOc1cccc(S(=O)(=O)N2CC3CCCC(N)C3C2)c1. The molecule has 1 heterocycles. The molecule has 1 aliphatic heterocycles. The highest BCUT2D eigenvalue weighted by Crippen LogP contribution is 2.38. The second-order valence-electron chi connectivity index (χ2n) is 6.25. The van der Waals surface area contributed by atoms with E-state index in [2.05, 4.69) is 0 Å². The number of hydrogen-bond donors (Lipinski definition) is 1. The third kappa shape index (κ3) is 2.87. The molecule has 1 saturated carbocycles. The third-order valence-corrected chi connectivity index (χ3v) is 6.70. The highest BCUT2D eigenvalue weighted by molar-refractivity contribution is 7.89. The molecule has 6 heteroatoms. The van der Waals surface area contributed by atoms with Crippen LogP contribution < -0.4 is 10.5 Å². The fourth-order valence-corrected chi connectivity index (χ4v) is 5.28. The molecule has 1 aliphatic carbocycles. The van der Waals surface area contributed by atoms with Crippen LogP contribution in [0.5, 0.6) is 5.75 Å². The number of hydrogen-bond acceptors (Lipinski definition) is 4. The molecule has 0 bridgehead atoms. The van der Waals surface area contributed by atoms with Crippen molar-refractivity contribution in [1.29, 1.82) is 0 Å². The topological polar surface area (TPSA) is 72.6 Å². The molecule has 2 fully saturated rings. The zero-order chi connectivity index (χ0) is 15.7. The first-order valence-corrected chi connectivity index (χ1v) is 9.45. The predicted octanol–water partition coefficient (Wildman–Crippen LogP) is 1.83. The van der Waals surface area contributed by atoms with Crippen molar-refractivity contribution >= 4 is 10.0 Å². The Morgan fingerprint density at radius 2 is 2.14 bits per heavy atom. The van der Waals surface area contributed by atoms with Gasteiger partial charge in [0.1, 0.15) is 5.75 Å². The molecule has 22 heavy (non-hydrogen) atoms. The Bertz CT molecular complexity index is 632. The average Bonchev–Trinajstić information content (AvgIpc) is 2.94. The lowest BCUT2D eigenvalue weighted by molar-refractivity contribution is 0.260. The Hall–Kier alpha value is -1.11. The van der Waals surface area contributed by atoms with Gasteiger partial charge in [0.05, 0.1) is 11.5 Å².